The summed E-state index contributed by atoms with van der Waals surface area (Å²) in [5, 5.41) is 17.0. The van der Waals surface area contributed by atoms with Crippen molar-refractivity contribution in [3.05, 3.63) is 65.6 Å². The zero-order chi connectivity index (χ0) is 34.6. The fourth-order valence-electron chi connectivity index (χ4n) is 6.43. The number of nitrogens with zero attached hydrogens (tertiary/aromatic N) is 6. The fourth-order valence-corrected chi connectivity index (χ4v) is 7.32. The average molecular weight is 690 g/mol. The van der Waals surface area contributed by atoms with Gasteiger partial charge in [0.15, 0.2) is 0 Å². The molecule has 1 aliphatic rings. The Kier molecular flexibility index (Phi) is 11.2. The number of rotatable bonds is 14. The van der Waals surface area contributed by atoms with Crippen LogP contribution in [0.2, 0.25) is 0 Å². The topological polar surface area (TPSA) is 111 Å². The second-order valence-electron chi connectivity index (χ2n) is 13.0. The van der Waals surface area contributed by atoms with Gasteiger partial charge in [-0.05, 0) is 74.0 Å². The van der Waals surface area contributed by atoms with Crippen LogP contribution in [0.5, 0.6) is 0 Å². The molecule has 0 bridgehead atoms. The number of piperidine rings is 1. The first kappa shape index (κ1) is 35.8. The highest BCUT2D eigenvalue weighted by Crippen LogP contribution is 2.35. The largest absolute Gasteiger partial charge is 0.416 e. The molecule has 0 saturated carbocycles. The Balaban J connectivity index is 1.26. The van der Waals surface area contributed by atoms with Gasteiger partial charge < -0.3 is 19.9 Å². The van der Waals surface area contributed by atoms with Crippen molar-refractivity contribution in [2.75, 3.05) is 58.0 Å². The van der Waals surface area contributed by atoms with E-state index >= 15 is 0 Å². The van der Waals surface area contributed by atoms with Crippen molar-refractivity contribution in [3.8, 4) is 11.3 Å². The molecule has 10 nitrogen and oxygen atoms in total. The maximum absolute atomic E-state index is 13.2. The third-order valence-corrected chi connectivity index (χ3v) is 10.4. The molecule has 5 rings (SSSR count). The normalized spacial score (nSPS) is 15.9. The van der Waals surface area contributed by atoms with Gasteiger partial charge in [-0.15, -0.1) is 0 Å². The Morgan fingerprint density at radius 2 is 1.81 bits per heavy atom. The van der Waals surface area contributed by atoms with E-state index in [-0.39, 0.29) is 13.1 Å². The maximum atomic E-state index is 13.2. The van der Waals surface area contributed by atoms with Gasteiger partial charge in [-0.2, -0.15) is 18.3 Å². The summed E-state index contributed by atoms with van der Waals surface area (Å²) < 4.78 is 67.6. The summed E-state index contributed by atoms with van der Waals surface area (Å²) in [5.74, 6) is 1.31. The van der Waals surface area contributed by atoms with Gasteiger partial charge in [0.2, 0.25) is 10.0 Å². The number of nitrogens with one attached hydrogen (secondary N) is 1. The minimum Gasteiger partial charge on any atom is -0.390 e. The number of H-pyrrole nitrogens is 1. The van der Waals surface area contributed by atoms with Crippen LogP contribution in [0.15, 0.2) is 48.9 Å². The molecule has 4 aromatic rings. The third kappa shape index (κ3) is 8.76. The molecule has 0 radical (unpaired) electrons. The van der Waals surface area contributed by atoms with E-state index in [1.165, 1.54) is 33.6 Å². The predicted molar refractivity (Wildman–Crippen MR) is 183 cm³/mol. The van der Waals surface area contributed by atoms with E-state index in [2.05, 4.69) is 32.2 Å². The van der Waals surface area contributed by atoms with Gasteiger partial charge in [-0.25, -0.2) is 17.7 Å². The summed E-state index contributed by atoms with van der Waals surface area (Å²) in [6.45, 7) is 4.92. The molecule has 0 spiro atoms. The van der Waals surface area contributed by atoms with Gasteiger partial charge in [-0.1, -0.05) is 25.5 Å². The fraction of sp³-hybridized carbons (Fsp3) is 0.529. The lowest BCUT2D eigenvalue weighted by Crippen LogP contribution is -2.39. The van der Waals surface area contributed by atoms with Gasteiger partial charge in [0, 0.05) is 57.1 Å². The molecule has 4 heterocycles. The van der Waals surface area contributed by atoms with Crippen LogP contribution in [-0.4, -0.2) is 102 Å². The third-order valence-electron chi connectivity index (χ3n) is 9.12. The highest BCUT2D eigenvalue weighted by molar-refractivity contribution is 7.88. The lowest BCUT2D eigenvalue weighted by atomic mass is 9.89. The molecule has 2 N–H and O–H groups in total. The summed E-state index contributed by atoms with van der Waals surface area (Å²) in [7, 11) is 0.513. The second-order valence-corrected chi connectivity index (χ2v) is 15.0. The molecule has 1 saturated heterocycles. The van der Waals surface area contributed by atoms with Crippen LogP contribution in [0.1, 0.15) is 55.2 Å². The van der Waals surface area contributed by atoms with Crippen molar-refractivity contribution >= 4 is 26.7 Å². The predicted octanol–water partition coefficient (Wildman–Crippen LogP) is 5.36. The van der Waals surface area contributed by atoms with E-state index in [0.29, 0.717) is 42.2 Å². The van der Waals surface area contributed by atoms with Crippen molar-refractivity contribution in [2.24, 2.45) is 0 Å². The summed E-state index contributed by atoms with van der Waals surface area (Å²) in [6, 6.07) is 6.94. The van der Waals surface area contributed by atoms with E-state index in [1.54, 1.807) is 10.9 Å². The van der Waals surface area contributed by atoms with Crippen LogP contribution in [0, 0.1) is 0 Å². The molecule has 1 atom stereocenters. The number of fused-ring (bicyclic) bond motifs is 1. The average Bonchev–Trinajstić information content (AvgIpc) is 3.64. The number of likely N-dealkylation sites (tertiary alicyclic amines) is 1. The number of alkyl halides is 3. The number of aliphatic hydroxyl groups is 1. The molecule has 48 heavy (non-hydrogen) atoms. The minimum atomic E-state index is -4.46. The molecule has 0 aliphatic carbocycles. The number of benzene rings is 1. The Morgan fingerprint density at radius 1 is 1.10 bits per heavy atom. The minimum absolute atomic E-state index is 0.196. The zero-order valence-electron chi connectivity index (χ0n) is 28.0. The number of unbranched alkanes of at least 4 members (excludes halogenated alkanes) is 1. The van der Waals surface area contributed by atoms with Crippen LogP contribution in [0.3, 0.4) is 0 Å². The monoisotopic (exact) mass is 689 g/mol. The van der Waals surface area contributed by atoms with Crippen molar-refractivity contribution < 1.29 is 26.7 Å². The number of hydrogen-bond acceptors (Lipinski definition) is 7. The summed E-state index contributed by atoms with van der Waals surface area (Å²) in [6.07, 6.45) is 5.53. The number of hydrogen-bond donors (Lipinski definition) is 2. The lowest BCUT2D eigenvalue weighted by molar-refractivity contribution is -0.137. The van der Waals surface area contributed by atoms with Crippen molar-refractivity contribution in [1.82, 2.24) is 29.0 Å². The molecule has 0 amide bonds. The summed E-state index contributed by atoms with van der Waals surface area (Å²) >= 11 is 0. The Hall–Kier alpha value is -3.46. The molecule has 1 fully saturated rings. The summed E-state index contributed by atoms with van der Waals surface area (Å²) in [4.78, 5) is 12.1. The van der Waals surface area contributed by atoms with Crippen LogP contribution in [0.25, 0.3) is 22.2 Å². The van der Waals surface area contributed by atoms with E-state index in [1.807, 2.05) is 32.1 Å². The highest BCUT2D eigenvalue weighted by Gasteiger charge is 2.30. The number of anilines is 1. The first-order valence-corrected chi connectivity index (χ1v) is 18.3. The van der Waals surface area contributed by atoms with Gasteiger partial charge in [0.25, 0.3) is 0 Å². The molecule has 14 heteroatoms. The number of aliphatic hydroxyl groups excluding tert-OH is 1. The zero-order valence-corrected chi connectivity index (χ0v) is 28.9. The van der Waals surface area contributed by atoms with Crippen molar-refractivity contribution in [1.29, 1.82) is 0 Å². The lowest BCUT2D eigenvalue weighted by Gasteiger charge is -2.33. The van der Waals surface area contributed by atoms with Crippen LogP contribution < -0.4 is 4.90 Å². The Morgan fingerprint density at radius 3 is 2.44 bits per heavy atom. The second kappa shape index (κ2) is 15.0. The quantitative estimate of drug-likeness (QED) is 0.184. The van der Waals surface area contributed by atoms with Gasteiger partial charge in [-0.3, -0.25) is 4.68 Å². The first-order valence-electron chi connectivity index (χ1n) is 16.5. The molecular formula is C34H46F3N7O3S. The van der Waals surface area contributed by atoms with Crippen LogP contribution in [0.4, 0.5) is 19.0 Å². The number of sulfonamides is 1. The van der Waals surface area contributed by atoms with Crippen LogP contribution >= 0.6 is 0 Å². The van der Waals surface area contributed by atoms with E-state index in [9.17, 15) is 26.7 Å². The molecule has 1 aliphatic heterocycles. The first-order chi connectivity index (χ1) is 22.7. The van der Waals surface area contributed by atoms with E-state index in [0.717, 1.165) is 62.2 Å². The molecular weight excluding hydrogens is 643 g/mol. The number of pyridine rings is 1. The van der Waals surface area contributed by atoms with Crippen molar-refractivity contribution in [3.63, 3.8) is 0 Å². The van der Waals surface area contributed by atoms with Crippen molar-refractivity contribution in [2.45, 2.75) is 63.8 Å². The number of β-amino-alcohol motifs (C(OH)–C–C–N with tert-alkyl or cyclic N) is 1. The standard InChI is InChI=1S/C34H46F3N7O3S/c1-5-6-14-44(48(4,46)47)17-13-26-21-43(40-33(26)25-7-9-27(10-8-25)34(35,36)37)23-28(45)22-42-15-11-24(12-16-42)30-19-38-31-20-39-32(41(2)3)18-29(30)31/h7-10,18-21,24,28,38,45H,5-6,11-17,22-23H2,1-4H3. The van der Waals surface area contributed by atoms with E-state index < -0.39 is 27.9 Å². The van der Waals surface area contributed by atoms with E-state index in [4.69, 9.17) is 0 Å². The highest BCUT2D eigenvalue weighted by atomic mass is 32.2. The maximum Gasteiger partial charge on any atom is 0.416 e. The van der Waals surface area contributed by atoms with Gasteiger partial charge in [0.05, 0.1) is 41.9 Å². The van der Waals surface area contributed by atoms with Gasteiger partial charge >= 0.3 is 6.18 Å². The molecule has 3 aromatic heterocycles. The molecule has 1 aromatic carbocycles. The van der Waals surface area contributed by atoms with Crippen LogP contribution in [-0.2, 0) is 29.2 Å². The Labute approximate surface area is 280 Å². The smallest absolute Gasteiger partial charge is 0.390 e. The number of halogens is 3. The SMILES string of the molecule is CCCCN(CCc1cn(CC(O)CN2CCC(c3c[nH]c4cnc(N(C)C)cc34)CC2)nc1-c1ccc(C(F)(F)F)cc1)S(C)(=O)=O. The Bertz CT molecular complexity index is 1760. The van der Waals surface area contributed by atoms with Gasteiger partial charge in [0.1, 0.15) is 5.82 Å². The summed E-state index contributed by atoms with van der Waals surface area (Å²) in [5.41, 5.74) is 3.24. The molecule has 1 unspecified atom stereocenters. The number of aromatic amines is 1. The number of aromatic nitrogens is 4. The molecule has 262 valence electrons.